The number of ether oxygens (including phenoxy) is 1. The Hall–Kier alpha value is 0.452. The van der Waals surface area contributed by atoms with Gasteiger partial charge >= 0.3 is 14.5 Å². The molecule has 0 saturated carbocycles. The molecule has 0 fully saturated rings. The van der Waals surface area contributed by atoms with E-state index < -0.39 is 14.5 Å². The fourth-order valence-electron chi connectivity index (χ4n) is 2.18. The summed E-state index contributed by atoms with van der Waals surface area (Å²) < 4.78 is 12.2. The predicted octanol–water partition coefficient (Wildman–Crippen LogP) is 4.86. The summed E-state index contributed by atoms with van der Waals surface area (Å²) >= 11 is -1.12. The molecule has 0 bridgehead atoms. The van der Waals surface area contributed by atoms with Gasteiger partial charge in [0.25, 0.3) is 0 Å². The molecule has 1 atom stereocenters. The van der Waals surface area contributed by atoms with Crippen LogP contribution in [0.4, 0.5) is 0 Å². The molecule has 0 N–H and O–H groups in total. The molecular formula is C15H33AlO2. The van der Waals surface area contributed by atoms with Crippen molar-refractivity contribution >= 4 is 14.5 Å². The molecule has 108 valence electrons. The van der Waals surface area contributed by atoms with Gasteiger partial charge < -0.3 is 8.53 Å². The topological polar surface area (TPSA) is 18.5 Å². The molecule has 0 aliphatic rings. The highest BCUT2D eigenvalue weighted by Crippen LogP contribution is 2.19. The average molecular weight is 272 g/mol. The van der Waals surface area contributed by atoms with E-state index in [9.17, 15) is 0 Å². The summed E-state index contributed by atoms with van der Waals surface area (Å²) in [4.78, 5) is 0. The largest absolute Gasteiger partial charge is 0.478 e. The van der Waals surface area contributed by atoms with E-state index in [0.717, 1.165) is 24.7 Å². The second kappa shape index (κ2) is 10.3. The van der Waals surface area contributed by atoms with E-state index in [1.165, 1.54) is 10.6 Å². The quantitative estimate of drug-likeness (QED) is 0.418. The third kappa shape index (κ3) is 10.4. The summed E-state index contributed by atoms with van der Waals surface area (Å²) in [6.45, 7) is 15.6. The molecule has 0 aromatic rings. The molecule has 0 saturated heterocycles. The molecule has 0 aliphatic heterocycles. The van der Waals surface area contributed by atoms with Crippen LogP contribution in [0.1, 0.15) is 61.3 Å². The maximum absolute atomic E-state index is 6.34. The van der Waals surface area contributed by atoms with Gasteiger partial charge in [-0.05, 0) is 20.3 Å². The van der Waals surface area contributed by atoms with Gasteiger partial charge in [-0.1, -0.05) is 63.4 Å². The van der Waals surface area contributed by atoms with Crippen LogP contribution in [0.5, 0.6) is 0 Å². The van der Waals surface area contributed by atoms with Crippen LogP contribution in [-0.4, -0.2) is 26.9 Å². The van der Waals surface area contributed by atoms with Gasteiger partial charge in [0.05, 0.1) is 6.10 Å². The third-order valence-corrected chi connectivity index (χ3v) is 6.39. The standard InChI is InChI=1S/C7H15O2.2C4H9.Al/c1-4-5-7(8)9-6(2)3;2*1-4(2)3;/h6-7H,4-5H2,1-3H3;2*4H,1H2,2-3H3;/q-1;;;+1. The summed E-state index contributed by atoms with van der Waals surface area (Å²) in [5.41, 5.74) is 0. The lowest BCUT2D eigenvalue weighted by Gasteiger charge is -2.26. The zero-order valence-electron chi connectivity index (χ0n) is 13.5. The highest BCUT2D eigenvalue weighted by atomic mass is 27.2. The van der Waals surface area contributed by atoms with Crippen molar-refractivity contribution in [3.63, 3.8) is 0 Å². The minimum Gasteiger partial charge on any atom is -0.478 e. The van der Waals surface area contributed by atoms with Crippen LogP contribution in [0.25, 0.3) is 0 Å². The highest BCUT2D eigenvalue weighted by Gasteiger charge is 2.27. The predicted molar refractivity (Wildman–Crippen MR) is 81.0 cm³/mol. The van der Waals surface area contributed by atoms with Gasteiger partial charge in [-0.3, -0.25) is 0 Å². The van der Waals surface area contributed by atoms with Crippen molar-refractivity contribution in [2.45, 2.75) is 84.3 Å². The van der Waals surface area contributed by atoms with Gasteiger partial charge in [0.2, 0.25) is 0 Å². The fraction of sp³-hybridized carbons (Fsp3) is 1.00. The van der Waals surface area contributed by atoms with E-state index in [4.69, 9.17) is 8.53 Å². The molecule has 0 aromatic heterocycles. The molecule has 0 amide bonds. The average Bonchev–Trinajstić information content (AvgIpc) is 2.13. The van der Waals surface area contributed by atoms with Gasteiger partial charge in [-0.15, -0.1) is 0 Å². The Bertz CT molecular complexity index is 183. The zero-order valence-corrected chi connectivity index (χ0v) is 14.7. The van der Waals surface area contributed by atoms with Gasteiger partial charge in [0, 0.05) is 0 Å². The van der Waals surface area contributed by atoms with Gasteiger partial charge in [-0.2, -0.15) is 0 Å². The van der Waals surface area contributed by atoms with Crippen LogP contribution in [0.15, 0.2) is 0 Å². The molecule has 0 spiro atoms. The molecule has 0 aromatic carbocycles. The molecular weight excluding hydrogens is 239 g/mol. The first-order valence-corrected chi connectivity index (χ1v) is 9.76. The van der Waals surface area contributed by atoms with Crippen LogP contribution in [0.3, 0.4) is 0 Å². The first-order valence-electron chi connectivity index (χ1n) is 7.66. The lowest BCUT2D eigenvalue weighted by atomic mass is 10.3. The summed E-state index contributed by atoms with van der Waals surface area (Å²) in [5, 5.41) is 2.53. The monoisotopic (exact) mass is 272 g/mol. The first kappa shape index (κ1) is 18.5. The van der Waals surface area contributed by atoms with Crippen LogP contribution in [-0.2, 0) is 8.53 Å². The molecule has 3 heteroatoms. The van der Waals surface area contributed by atoms with Gasteiger partial charge in [0.1, 0.15) is 6.29 Å². The SMILES string of the molecule is CCCC(OC(C)C)[O][Al]([CH2]C(C)C)[CH2]C(C)C. The number of hydrogen-bond acceptors (Lipinski definition) is 2. The lowest BCUT2D eigenvalue weighted by Crippen LogP contribution is -2.31. The maximum Gasteiger partial charge on any atom is 0.463 e. The van der Waals surface area contributed by atoms with Crippen molar-refractivity contribution in [2.24, 2.45) is 11.8 Å². The minimum absolute atomic E-state index is 0.0316. The van der Waals surface area contributed by atoms with Crippen molar-refractivity contribution in [3.05, 3.63) is 0 Å². The van der Waals surface area contributed by atoms with Crippen LogP contribution in [0, 0.1) is 11.8 Å². The highest BCUT2D eigenvalue weighted by molar-refractivity contribution is 6.52. The molecule has 0 aliphatic carbocycles. The van der Waals surface area contributed by atoms with Crippen LogP contribution < -0.4 is 0 Å². The molecule has 0 heterocycles. The van der Waals surface area contributed by atoms with Crippen molar-refractivity contribution in [1.29, 1.82) is 0 Å². The molecule has 2 nitrogen and oxygen atoms in total. The van der Waals surface area contributed by atoms with E-state index >= 15 is 0 Å². The van der Waals surface area contributed by atoms with Crippen molar-refractivity contribution in [2.75, 3.05) is 0 Å². The smallest absolute Gasteiger partial charge is 0.463 e. The normalized spacial score (nSPS) is 13.7. The van der Waals surface area contributed by atoms with E-state index in [2.05, 4.69) is 48.5 Å². The number of hydrogen-bond donors (Lipinski definition) is 0. The second-order valence-electron chi connectivity index (χ2n) is 6.42. The van der Waals surface area contributed by atoms with Crippen LogP contribution in [0.2, 0.25) is 10.6 Å². The zero-order chi connectivity index (χ0) is 14.1. The van der Waals surface area contributed by atoms with Crippen LogP contribution >= 0.6 is 0 Å². The van der Waals surface area contributed by atoms with E-state index in [1.807, 2.05) is 0 Å². The second-order valence-corrected chi connectivity index (χ2v) is 8.88. The Balaban J connectivity index is 4.37. The molecule has 18 heavy (non-hydrogen) atoms. The van der Waals surface area contributed by atoms with Gasteiger partial charge in [-0.25, -0.2) is 0 Å². The summed E-state index contributed by atoms with van der Waals surface area (Å²) in [5.74, 6) is 1.48. The maximum atomic E-state index is 6.34. The fourth-order valence-corrected chi connectivity index (χ4v) is 5.33. The van der Waals surface area contributed by atoms with Crippen molar-refractivity contribution < 1.29 is 8.53 Å². The number of rotatable bonds is 10. The van der Waals surface area contributed by atoms with E-state index in [0.29, 0.717) is 0 Å². The van der Waals surface area contributed by atoms with Gasteiger partial charge in [0.15, 0.2) is 0 Å². The molecule has 0 rings (SSSR count). The summed E-state index contributed by atoms with van der Waals surface area (Å²) in [6, 6.07) is 0. The van der Waals surface area contributed by atoms with E-state index in [1.54, 1.807) is 0 Å². The first-order chi connectivity index (χ1) is 8.35. The van der Waals surface area contributed by atoms with Crippen molar-refractivity contribution in [1.82, 2.24) is 0 Å². The Kier molecular flexibility index (Phi) is 10.5. The van der Waals surface area contributed by atoms with E-state index in [-0.39, 0.29) is 12.4 Å². The molecule has 0 radical (unpaired) electrons. The molecule has 1 unspecified atom stereocenters. The Morgan fingerprint density at radius 2 is 1.39 bits per heavy atom. The Morgan fingerprint density at radius 1 is 0.889 bits per heavy atom. The summed E-state index contributed by atoms with van der Waals surface area (Å²) in [7, 11) is 0. The summed E-state index contributed by atoms with van der Waals surface area (Å²) in [6.07, 6.45) is 2.44. The Morgan fingerprint density at radius 3 is 1.72 bits per heavy atom. The third-order valence-electron chi connectivity index (χ3n) is 2.76. The lowest BCUT2D eigenvalue weighted by molar-refractivity contribution is -0.115. The Labute approximate surface area is 119 Å². The minimum atomic E-state index is -1.12. The van der Waals surface area contributed by atoms with Crippen molar-refractivity contribution in [3.8, 4) is 0 Å².